The fourth-order valence-electron chi connectivity index (χ4n) is 3.26. The van der Waals surface area contributed by atoms with Crippen molar-refractivity contribution in [2.75, 3.05) is 40.8 Å². The quantitative estimate of drug-likeness (QED) is 0.211. The summed E-state index contributed by atoms with van der Waals surface area (Å²) in [5, 5.41) is 7.59. The molecule has 0 saturated carbocycles. The standard InChI is InChI=1S/C24H30FN5O2.HI/c1-30(2)23(31)16-29-24(26-12-10-17-4-7-20(32-3)8-5-17)27-13-11-18-15-28-22-14-19(25)6-9-21(18)22;/h4-9,14-15,28H,10-13,16H2,1-3H3,(H2,26,27,29);1H. The summed E-state index contributed by atoms with van der Waals surface area (Å²) in [5.74, 6) is 1.08. The van der Waals surface area contributed by atoms with Crippen LogP contribution in [0.2, 0.25) is 0 Å². The molecule has 0 bridgehead atoms. The van der Waals surface area contributed by atoms with E-state index < -0.39 is 0 Å². The van der Waals surface area contributed by atoms with Crippen LogP contribution < -0.4 is 15.4 Å². The van der Waals surface area contributed by atoms with Gasteiger partial charge in [-0.15, -0.1) is 24.0 Å². The molecule has 0 fully saturated rings. The number of nitrogens with zero attached hydrogens (tertiary/aromatic N) is 2. The normalized spacial score (nSPS) is 11.1. The summed E-state index contributed by atoms with van der Waals surface area (Å²) in [6.07, 6.45) is 3.43. The number of amides is 1. The largest absolute Gasteiger partial charge is 0.497 e. The summed E-state index contributed by atoms with van der Waals surface area (Å²) in [6, 6.07) is 12.7. The number of rotatable bonds is 9. The molecule has 0 spiro atoms. The van der Waals surface area contributed by atoms with Crippen molar-refractivity contribution in [1.82, 2.24) is 20.5 Å². The first-order valence-corrected chi connectivity index (χ1v) is 10.6. The Kier molecular flexibility index (Phi) is 10.4. The summed E-state index contributed by atoms with van der Waals surface area (Å²) in [7, 11) is 5.07. The predicted molar refractivity (Wildman–Crippen MR) is 141 cm³/mol. The molecule has 0 atom stereocenters. The number of fused-ring (bicyclic) bond motifs is 1. The van der Waals surface area contributed by atoms with Crippen LogP contribution in [0.3, 0.4) is 0 Å². The van der Waals surface area contributed by atoms with Crippen molar-refractivity contribution < 1.29 is 13.9 Å². The Hall–Kier alpha value is -2.82. The first-order chi connectivity index (χ1) is 15.5. The summed E-state index contributed by atoms with van der Waals surface area (Å²) < 4.78 is 18.6. The van der Waals surface area contributed by atoms with Crippen molar-refractivity contribution in [3.63, 3.8) is 0 Å². The van der Waals surface area contributed by atoms with Gasteiger partial charge in [-0.3, -0.25) is 4.79 Å². The lowest BCUT2D eigenvalue weighted by molar-refractivity contribution is -0.127. The molecule has 178 valence electrons. The number of hydrogen-bond donors (Lipinski definition) is 3. The number of aromatic nitrogens is 1. The Balaban J connectivity index is 0.00000385. The molecule has 1 amide bonds. The zero-order valence-corrected chi connectivity index (χ0v) is 21.5. The third-order valence-electron chi connectivity index (χ3n) is 5.15. The number of halogens is 2. The minimum atomic E-state index is -0.259. The highest BCUT2D eigenvalue weighted by atomic mass is 127. The summed E-state index contributed by atoms with van der Waals surface area (Å²) >= 11 is 0. The second-order valence-electron chi connectivity index (χ2n) is 7.66. The van der Waals surface area contributed by atoms with Gasteiger partial charge in [0.2, 0.25) is 5.91 Å². The minimum Gasteiger partial charge on any atom is -0.497 e. The third-order valence-corrected chi connectivity index (χ3v) is 5.15. The molecule has 2 aromatic carbocycles. The van der Waals surface area contributed by atoms with Crippen LogP contribution in [-0.4, -0.2) is 62.6 Å². The van der Waals surface area contributed by atoms with Crippen molar-refractivity contribution in [3.8, 4) is 5.75 Å². The van der Waals surface area contributed by atoms with E-state index in [2.05, 4.69) is 20.6 Å². The molecule has 1 heterocycles. The molecule has 0 radical (unpaired) electrons. The van der Waals surface area contributed by atoms with Crippen LogP contribution in [0.15, 0.2) is 53.7 Å². The third kappa shape index (κ3) is 7.92. The van der Waals surface area contributed by atoms with Gasteiger partial charge in [0.05, 0.1) is 7.11 Å². The number of H-pyrrole nitrogens is 1. The highest BCUT2D eigenvalue weighted by molar-refractivity contribution is 14.0. The van der Waals surface area contributed by atoms with Crippen molar-refractivity contribution in [1.29, 1.82) is 0 Å². The first-order valence-electron chi connectivity index (χ1n) is 10.6. The topological polar surface area (TPSA) is 81.8 Å². The Bertz CT molecular complexity index is 1070. The molecule has 0 unspecified atom stereocenters. The Morgan fingerprint density at radius 1 is 1.09 bits per heavy atom. The molecular formula is C24H31FIN5O2. The predicted octanol–water partition coefficient (Wildman–Crippen LogP) is 3.34. The van der Waals surface area contributed by atoms with Gasteiger partial charge in [0, 0.05) is 44.3 Å². The van der Waals surface area contributed by atoms with Gasteiger partial charge in [0.1, 0.15) is 18.1 Å². The molecule has 3 rings (SSSR count). The van der Waals surface area contributed by atoms with Gasteiger partial charge in [-0.05, 0) is 54.3 Å². The maximum absolute atomic E-state index is 13.4. The van der Waals surface area contributed by atoms with Gasteiger partial charge in [0.15, 0.2) is 5.96 Å². The molecule has 7 nitrogen and oxygen atoms in total. The second-order valence-corrected chi connectivity index (χ2v) is 7.66. The number of benzene rings is 2. The maximum Gasteiger partial charge on any atom is 0.243 e. The van der Waals surface area contributed by atoms with Crippen molar-refractivity contribution in [2.45, 2.75) is 12.8 Å². The first kappa shape index (κ1) is 26.4. The second kappa shape index (κ2) is 13.0. The lowest BCUT2D eigenvalue weighted by Gasteiger charge is -2.14. The van der Waals surface area contributed by atoms with E-state index in [9.17, 15) is 9.18 Å². The summed E-state index contributed by atoms with van der Waals surface area (Å²) in [4.78, 5) is 21.0. The Labute approximate surface area is 210 Å². The molecule has 0 aliphatic carbocycles. The molecule has 3 aromatic rings. The number of carbonyl (C=O) groups excluding carboxylic acids is 1. The van der Waals surface area contributed by atoms with Crippen LogP contribution >= 0.6 is 24.0 Å². The molecule has 1 aromatic heterocycles. The van der Waals surface area contributed by atoms with E-state index in [-0.39, 0.29) is 42.2 Å². The van der Waals surface area contributed by atoms with E-state index in [1.807, 2.05) is 30.5 Å². The van der Waals surface area contributed by atoms with Crippen LogP contribution in [0.4, 0.5) is 4.39 Å². The van der Waals surface area contributed by atoms with Gasteiger partial charge in [-0.25, -0.2) is 9.38 Å². The van der Waals surface area contributed by atoms with E-state index in [1.165, 1.54) is 22.6 Å². The Morgan fingerprint density at radius 2 is 1.79 bits per heavy atom. The molecular weight excluding hydrogens is 536 g/mol. The van der Waals surface area contributed by atoms with E-state index in [4.69, 9.17) is 4.74 Å². The molecule has 0 aliphatic rings. The van der Waals surface area contributed by atoms with E-state index >= 15 is 0 Å². The van der Waals surface area contributed by atoms with Crippen LogP contribution in [0.25, 0.3) is 10.9 Å². The Morgan fingerprint density at radius 3 is 2.45 bits per heavy atom. The number of nitrogens with one attached hydrogen (secondary N) is 3. The number of hydrogen-bond acceptors (Lipinski definition) is 3. The average molecular weight is 567 g/mol. The lowest BCUT2D eigenvalue weighted by Crippen LogP contribution is -2.40. The number of guanidine groups is 1. The maximum atomic E-state index is 13.4. The highest BCUT2D eigenvalue weighted by Crippen LogP contribution is 2.19. The molecule has 0 aliphatic heterocycles. The molecule has 3 N–H and O–H groups in total. The van der Waals surface area contributed by atoms with Crippen LogP contribution in [0.1, 0.15) is 11.1 Å². The number of carbonyl (C=O) groups is 1. The van der Waals surface area contributed by atoms with Crippen molar-refractivity contribution in [2.24, 2.45) is 4.99 Å². The SMILES string of the molecule is COc1ccc(CCNC(=NCC(=O)N(C)C)NCCc2c[nH]c3cc(F)ccc23)cc1.I. The van der Waals surface area contributed by atoms with E-state index in [1.54, 1.807) is 27.3 Å². The summed E-state index contributed by atoms with van der Waals surface area (Å²) in [5.41, 5.74) is 3.05. The van der Waals surface area contributed by atoms with Gasteiger partial charge in [-0.1, -0.05) is 12.1 Å². The van der Waals surface area contributed by atoms with Crippen LogP contribution in [0.5, 0.6) is 5.75 Å². The molecule has 9 heteroatoms. The molecule has 33 heavy (non-hydrogen) atoms. The van der Waals surface area contributed by atoms with Gasteiger partial charge in [-0.2, -0.15) is 0 Å². The zero-order valence-electron chi connectivity index (χ0n) is 19.2. The van der Waals surface area contributed by atoms with Gasteiger partial charge < -0.3 is 25.3 Å². The van der Waals surface area contributed by atoms with E-state index in [0.29, 0.717) is 19.0 Å². The number of methoxy groups -OCH3 is 1. The monoisotopic (exact) mass is 567 g/mol. The smallest absolute Gasteiger partial charge is 0.243 e. The lowest BCUT2D eigenvalue weighted by atomic mass is 10.1. The van der Waals surface area contributed by atoms with Crippen LogP contribution in [0, 0.1) is 5.82 Å². The van der Waals surface area contributed by atoms with Crippen molar-refractivity contribution in [3.05, 3.63) is 65.6 Å². The minimum absolute atomic E-state index is 0. The average Bonchev–Trinajstić information content (AvgIpc) is 3.19. The van der Waals surface area contributed by atoms with Gasteiger partial charge >= 0.3 is 0 Å². The van der Waals surface area contributed by atoms with Gasteiger partial charge in [0.25, 0.3) is 0 Å². The summed E-state index contributed by atoms with van der Waals surface area (Å²) in [6.45, 7) is 1.35. The fourth-order valence-corrected chi connectivity index (χ4v) is 3.26. The van der Waals surface area contributed by atoms with Crippen molar-refractivity contribution >= 4 is 46.7 Å². The zero-order chi connectivity index (χ0) is 22.9. The number of aliphatic imine (C=N–C) groups is 1. The van der Waals surface area contributed by atoms with E-state index in [0.717, 1.165) is 35.1 Å². The van der Waals surface area contributed by atoms with Crippen LogP contribution in [-0.2, 0) is 17.6 Å². The fraction of sp³-hybridized carbons (Fsp3) is 0.333. The number of likely N-dealkylation sites (N-methyl/N-ethyl adjacent to an activating group) is 1. The molecule has 0 saturated heterocycles. The number of ether oxygens (including phenoxy) is 1. The number of aromatic amines is 1. The highest BCUT2D eigenvalue weighted by Gasteiger charge is 2.07.